The molecule has 0 aliphatic heterocycles. The first-order valence-corrected chi connectivity index (χ1v) is 7.46. The van der Waals surface area contributed by atoms with Gasteiger partial charge in [0.25, 0.3) is 5.91 Å². The number of rotatable bonds is 5. The second-order valence-corrected chi connectivity index (χ2v) is 5.70. The zero-order valence-electron chi connectivity index (χ0n) is 12.7. The van der Waals surface area contributed by atoms with Crippen molar-refractivity contribution in [3.8, 4) is 0 Å². The molecule has 0 aliphatic rings. The first-order chi connectivity index (χ1) is 11.4. The third-order valence-corrected chi connectivity index (χ3v) is 3.73. The normalized spacial score (nSPS) is 10.9. The Labute approximate surface area is 141 Å². The van der Waals surface area contributed by atoms with Gasteiger partial charge in [0, 0.05) is 29.2 Å². The molecule has 0 spiro atoms. The van der Waals surface area contributed by atoms with E-state index >= 15 is 0 Å². The summed E-state index contributed by atoms with van der Waals surface area (Å²) in [6, 6.07) is 5.36. The number of benzene rings is 1. The van der Waals surface area contributed by atoms with Crippen LogP contribution in [0.25, 0.3) is 10.9 Å². The summed E-state index contributed by atoms with van der Waals surface area (Å²) >= 11 is 6.01. The number of aliphatic carboxylic acids is 1. The molecule has 2 heterocycles. The molecule has 1 aromatic carbocycles. The van der Waals surface area contributed by atoms with Gasteiger partial charge in [-0.1, -0.05) is 11.6 Å². The van der Waals surface area contributed by atoms with E-state index in [-0.39, 0.29) is 24.7 Å². The molecule has 3 N–H and O–H groups in total. The molecule has 0 unspecified atom stereocenters. The van der Waals surface area contributed by atoms with Gasteiger partial charge in [-0.2, -0.15) is 5.10 Å². The van der Waals surface area contributed by atoms with Crippen LogP contribution in [0, 0.1) is 0 Å². The Kier molecular flexibility index (Phi) is 4.22. The van der Waals surface area contributed by atoms with Crippen molar-refractivity contribution in [2.24, 2.45) is 7.05 Å². The van der Waals surface area contributed by atoms with Crippen LogP contribution in [0.15, 0.2) is 24.4 Å². The van der Waals surface area contributed by atoms with Crippen LogP contribution in [0.1, 0.15) is 22.0 Å². The second kappa shape index (κ2) is 6.32. The van der Waals surface area contributed by atoms with Gasteiger partial charge in [-0.15, -0.1) is 0 Å². The smallest absolute Gasteiger partial charge is 0.311 e. The van der Waals surface area contributed by atoms with Crippen LogP contribution < -0.4 is 5.32 Å². The SMILES string of the molecule is Cn1cc(C(=O)NCc2nc(CC(=O)O)n[nH]2)c2cc(Cl)ccc21. The molecule has 124 valence electrons. The van der Waals surface area contributed by atoms with Gasteiger partial charge in [0.2, 0.25) is 0 Å². The van der Waals surface area contributed by atoms with E-state index in [4.69, 9.17) is 16.7 Å². The average Bonchev–Trinajstić information content (AvgIpc) is 3.09. The maximum Gasteiger partial charge on any atom is 0.311 e. The minimum Gasteiger partial charge on any atom is -0.481 e. The third-order valence-electron chi connectivity index (χ3n) is 3.50. The lowest BCUT2D eigenvalue weighted by Crippen LogP contribution is -2.23. The molecule has 3 rings (SSSR count). The quantitative estimate of drug-likeness (QED) is 0.647. The number of nitrogens with one attached hydrogen (secondary N) is 2. The van der Waals surface area contributed by atoms with E-state index in [1.807, 2.05) is 17.7 Å². The topological polar surface area (TPSA) is 113 Å². The molecule has 24 heavy (non-hydrogen) atoms. The van der Waals surface area contributed by atoms with Crippen molar-refractivity contribution in [3.63, 3.8) is 0 Å². The number of carbonyl (C=O) groups is 2. The lowest BCUT2D eigenvalue weighted by atomic mass is 10.1. The molecule has 0 saturated heterocycles. The average molecular weight is 348 g/mol. The Morgan fingerprint density at radius 1 is 1.42 bits per heavy atom. The predicted octanol–water partition coefficient (Wildman–Crippen LogP) is 1.51. The second-order valence-electron chi connectivity index (χ2n) is 5.27. The minimum absolute atomic E-state index is 0.113. The first kappa shape index (κ1) is 16.0. The van der Waals surface area contributed by atoms with E-state index < -0.39 is 5.97 Å². The van der Waals surface area contributed by atoms with Crippen molar-refractivity contribution in [1.29, 1.82) is 0 Å². The zero-order chi connectivity index (χ0) is 17.3. The molecular weight excluding hydrogens is 334 g/mol. The van der Waals surface area contributed by atoms with Gasteiger partial charge in [0.1, 0.15) is 12.2 Å². The van der Waals surface area contributed by atoms with Crippen molar-refractivity contribution in [1.82, 2.24) is 25.1 Å². The van der Waals surface area contributed by atoms with E-state index in [1.54, 1.807) is 18.3 Å². The summed E-state index contributed by atoms with van der Waals surface area (Å²) in [5.41, 5.74) is 1.40. The monoisotopic (exact) mass is 347 g/mol. The molecule has 8 nitrogen and oxygen atoms in total. The number of hydrogen-bond acceptors (Lipinski definition) is 4. The largest absolute Gasteiger partial charge is 0.481 e. The molecule has 1 amide bonds. The van der Waals surface area contributed by atoms with Crippen LogP contribution >= 0.6 is 11.6 Å². The summed E-state index contributed by atoms with van der Waals surface area (Å²) in [5.74, 6) is -0.738. The Bertz CT molecular complexity index is 930. The molecule has 0 bridgehead atoms. The van der Waals surface area contributed by atoms with Gasteiger partial charge in [-0.05, 0) is 18.2 Å². The molecule has 0 fully saturated rings. The standard InChI is InChI=1S/C15H14ClN5O3/c1-21-7-10(9-4-8(16)2-3-11(9)21)15(24)17-6-13-18-12(19-20-13)5-14(22)23/h2-4,7H,5-6H2,1H3,(H,17,24)(H,22,23)(H,18,19,20). The highest BCUT2D eigenvalue weighted by molar-refractivity contribution is 6.31. The molecule has 9 heteroatoms. The number of halogens is 1. The molecule has 2 aromatic heterocycles. The van der Waals surface area contributed by atoms with Crippen LogP contribution in [-0.4, -0.2) is 36.7 Å². The van der Waals surface area contributed by atoms with Gasteiger partial charge in [-0.25, -0.2) is 4.98 Å². The van der Waals surface area contributed by atoms with Crippen LogP contribution in [0.5, 0.6) is 0 Å². The van der Waals surface area contributed by atoms with Gasteiger partial charge in [0.15, 0.2) is 5.82 Å². The highest BCUT2D eigenvalue weighted by Gasteiger charge is 2.15. The zero-order valence-corrected chi connectivity index (χ0v) is 13.5. The van der Waals surface area contributed by atoms with Crippen molar-refractivity contribution in [2.75, 3.05) is 0 Å². The van der Waals surface area contributed by atoms with E-state index in [1.165, 1.54) is 0 Å². The number of aromatic nitrogens is 4. The highest BCUT2D eigenvalue weighted by atomic mass is 35.5. The Hall–Kier alpha value is -2.87. The molecular formula is C15H14ClN5O3. The Morgan fingerprint density at radius 2 is 2.21 bits per heavy atom. The fourth-order valence-corrected chi connectivity index (χ4v) is 2.60. The van der Waals surface area contributed by atoms with Crippen molar-refractivity contribution in [3.05, 3.63) is 46.6 Å². The number of carboxylic acid groups (broad SMARTS) is 1. The fourth-order valence-electron chi connectivity index (χ4n) is 2.43. The summed E-state index contributed by atoms with van der Waals surface area (Å²) in [5, 5.41) is 19.1. The number of aryl methyl sites for hydroxylation is 1. The molecule has 0 saturated carbocycles. The van der Waals surface area contributed by atoms with Crippen molar-refractivity contribution >= 4 is 34.4 Å². The number of amides is 1. The summed E-state index contributed by atoms with van der Waals surface area (Å²) in [4.78, 5) is 27.0. The van der Waals surface area contributed by atoms with E-state index in [0.29, 0.717) is 16.4 Å². The van der Waals surface area contributed by atoms with Crippen molar-refractivity contribution in [2.45, 2.75) is 13.0 Å². The van der Waals surface area contributed by atoms with E-state index in [0.717, 1.165) is 10.9 Å². The summed E-state index contributed by atoms with van der Waals surface area (Å²) in [6.45, 7) is 0.113. The molecule has 0 radical (unpaired) electrons. The van der Waals surface area contributed by atoms with E-state index in [9.17, 15) is 9.59 Å². The van der Waals surface area contributed by atoms with Gasteiger partial charge >= 0.3 is 5.97 Å². The fraction of sp³-hybridized carbons (Fsp3) is 0.200. The number of aromatic amines is 1. The maximum atomic E-state index is 12.4. The van der Waals surface area contributed by atoms with E-state index in [2.05, 4.69) is 20.5 Å². The van der Waals surface area contributed by atoms with Crippen LogP contribution in [-0.2, 0) is 24.8 Å². The summed E-state index contributed by atoms with van der Waals surface area (Å²) < 4.78 is 1.85. The maximum absolute atomic E-state index is 12.4. The van der Waals surface area contributed by atoms with Gasteiger partial charge in [-0.3, -0.25) is 14.7 Å². The number of carboxylic acids is 1. The number of carbonyl (C=O) groups excluding carboxylic acids is 1. The molecule has 0 atom stereocenters. The minimum atomic E-state index is -1.02. The lowest BCUT2D eigenvalue weighted by Gasteiger charge is -2.02. The van der Waals surface area contributed by atoms with Crippen LogP contribution in [0.3, 0.4) is 0 Å². The van der Waals surface area contributed by atoms with Crippen LogP contribution in [0.4, 0.5) is 0 Å². The number of fused-ring (bicyclic) bond motifs is 1. The third kappa shape index (κ3) is 3.23. The number of nitrogens with zero attached hydrogens (tertiary/aromatic N) is 3. The van der Waals surface area contributed by atoms with Crippen LogP contribution in [0.2, 0.25) is 5.02 Å². The number of H-pyrrole nitrogens is 1. The number of hydrogen-bond donors (Lipinski definition) is 3. The highest BCUT2D eigenvalue weighted by Crippen LogP contribution is 2.24. The Morgan fingerprint density at radius 3 is 2.96 bits per heavy atom. The predicted molar refractivity (Wildman–Crippen MR) is 86.8 cm³/mol. The van der Waals surface area contributed by atoms with Gasteiger partial charge < -0.3 is 15.0 Å². The van der Waals surface area contributed by atoms with Crippen molar-refractivity contribution < 1.29 is 14.7 Å². The summed E-state index contributed by atoms with van der Waals surface area (Å²) in [7, 11) is 1.85. The Balaban J connectivity index is 1.75. The summed E-state index contributed by atoms with van der Waals surface area (Å²) in [6.07, 6.45) is 1.46. The van der Waals surface area contributed by atoms with Gasteiger partial charge in [0.05, 0.1) is 12.1 Å². The lowest BCUT2D eigenvalue weighted by molar-refractivity contribution is -0.136. The molecule has 0 aliphatic carbocycles. The molecule has 3 aromatic rings. The first-order valence-electron chi connectivity index (χ1n) is 7.09.